The molecule has 7 heteroatoms. The molecule has 1 saturated heterocycles. The van der Waals surface area contributed by atoms with Crippen LogP contribution in [0.15, 0.2) is 30.3 Å². The highest BCUT2D eigenvalue weighted by Gasteiger charge is 2.57. The molecule has 0 aliphatic carbocycles. The van der Waals surface area contributed by atoms with Gasteiger partial charge in [-0.3, -0.25) is 25.0 Å². The van der Waals surface area contributed by atoms with Crippen LogP contribution in [0.2, 0.25) is 0 Å². The van der Waals surface area contributed by atoms with E-state index in [1.54, 1.807) is 13.8 Å². The van der Waals surface area contributed by atoms with Gasteiger partial charge in [0.1, 0.15) is 0 Å². The van der Waals surface area contributed by atoms with Gasteiger partial charge in [-0.2, -0.15) is 0 Å². The van der Waals surface area contributed by atoms with Crippen LogP contribution in [0.4, 0.5) is 4.79 Å². The normalized spacial score (nSPS) is 17.9. The summed E-state index contributed by atoms with van der Waals surface area (Å²) < 4.78 is 5.22. The molecule has 1 unspecified atom stereocenters. The summed E-state index contributed by atoms with van der Waals surface area (Å²) in [5.41, 5.74) is -1.18. The maximum absolute atomic E-state index is 12.4. The van der Waals surface area contributed by atoms with Gasteiger partial charge in [-0.05, 0) is 12.0 Å². The van der Waals surface area contributed by atoms with Gasteiger partial charge in [0.25, 0.3) is 17.4 Å². The quantitative estimate of drug-likeness (QED) is 0.621. The highest BCUT2D eigenvalue weighted by Crippen LogP contribution is 2.29. The molecule has 4 amide bonds. The molecule has 1 aliphatic rings. The average Bonchev–Trinajstić information content (AvgIpc) is 2.51. The molecular formula is C16H18N2O5. The first-order valence-corrected chi connectivity index (χ1v) is 7.32. The van der Waals surface area contributed by atoms with Crippen molar-refractivity contribution in [1.82, 2.24) is 10.6 Å². The van der Waals surface area contributed by atoms with E-state index in [9.17, 15) is 19.2 Å². The number of nitrogens with one attached hydrogen (secondary N) is 2. The number of barbiturate groups is 1. The SMILES string of the molecule is CCC(=O)OC1(C(C)Cc2ccccc2)C(=O)NC(=O)NC1=O. The Morgan fingerprint density at radius 2 is 1.70 bits per heavy atom. The molecule has 0 radical (unpaired) electrons. The summed E-state index contributed by atoms with van der Waals surface area (Å²) in [6, 6.07) is 8.27. The highest BCUT2D eigenvalue weighted by atomic mass is 16.6. The van der Waals surface area contributed by atoms with E-state index in [1.165, 1.54) is 0 Å². The number of urea groups is 1. The topological polar surface area (TPSA) is 102 Å². The number of esters is 1. The number of amides is 4. The maximum atomic E-state index is 12.4. The van der Waals surface area contributed by atoms with E-state index in [4.69, 9.17) is 4.74 Å². The largest absolute Gasteiger partial charge is 0.438 e. The fourth-order valence-electron chi connectivity index (χ4n) is 2.53. The van der Waals surface area contributed by atoms with Gasteiger partial charge < -0.3 is 4.74 Å². The van der Waals surface area contributed by atoms with Crippen molar-refractivity contribution in [2.45, 2.75) is 32.3 Å². The van der Waals surface area contributed by atoms with Gasteiger partial charge in [0.15, 0.2) is 0 Å². The van der Waals surface area contributed by atoms with E-state index in [0.29, 0.717) is 6.42 Å². The Labute approximate surface area is 133 Å². The van der Waals surface area contributed by atoms with Crippen molar-refractivity contribution in [3.05, 3.63) is 35.9 Å². The molecule has 1 fully saturated rings. The van der Waals surface area contributed by atoms with Crippen molar-refractivity contribution < 1.29 is 23.9 Å². The smallest absolute Gasteiger partial charge is 0.328 e. The molecule has 1 aliphatic heterocycles. The monoisotopic (exact) mass is 318 g/mol. The van der Waals surface area contributed by atoms with Crippen LogP contribution in [-0.2, 0) is 25.5 Å². The van der Waals surface area contributed by atoms with Gasteiger partial charge in [-0.25, -0.2) is 4.79 Å². The van der Waals surface area contributed by atoms with E-state index < -0.39 is 35.3 Å². The Kier molecular flexibility index (Phi) is 4.78. The van der Waals surface area contributed by atoms with Crippen LogP contribution in [0.1, 0.15) is 25.8 Å². The van der Waals surface area contributed by atoms with Crippen LogP contribution in [0, 0.1) is 5.92 Å². The molecule has 2 rings (SSSR count). The van der Waals surface area contributed by atoms with Crippen LogP contribution >= 0.6 is 0 Å². The van der Waals surface area contributed by atoms with Crippen molar-refractivity contribution in [3.8, 4) is 0 Å². The third-order valence-electron chi connectivity index (χ3n) is 3.77. The maximum Gasteiger partial charge on any atom is 0.328 e. The number of rotatable bonds is 5. The predicted molar refractivity (Wildman–Crippen MR) is 80.1 cm³/mol. The van der Waals surface area contributed by atoms with Crippen LogP contribution in [0.5, 0.6) is 0 Å². The molecule has 1 heterocycles. The first-order chi connectivity index (χ1) is 10.9. The number of hydrogen-bond donors (Lipinski definition) is 2. The van der Waals surface area contributed by atoms with Crippen LogP contribution < -0.4 is 10.6 Å². The molecule has 122 valence electrons. The first-order valence-electron chi connectivity index (χ1n) is 7.32. The molecule has 0 aromatic heterocycles. The summed E-state index contributed by atoms with van der Waals surface area (Å²) in [6.45, 7) is 3.19. The Morgan fingerprint density at radius 3 is 2.22 bits per heavy atom. The van der Waals surface area contributed by atoms with E-state index in [-0.39, 0.29) is 6.42 Å². The lowest BCUT2D eigenvalue weighted by molar-refractivity contribution is -0.181. The molecule has 23 heavy (non-hydrogen) atoms. The van der Waals surface area contributed by atoms with Gasteiger partial charge in [-0.15, -0.1) is 0 Å². The third kappa shape index (κ3) is 3.23. The fraction of sp³-hybridized carbons (Fsp3) is 0.375. The van der Waals surface area contributed by atoms with Crippen molar-refractivity contribution >= 4 is 23.8 Å². The van der Waals surface area contributed by atoms with Gasteiger partial charge >= 0.3 is 12.0 Å². The summed E-state index contributed by atoms with van der Waals surface area (Å²) >= 11 is 0. The molecule has 1 aromatic carbocycles. The number of carbonyl (C=O) groups is 4. The Bertz CT molecular complexity index is 621. The second-order valence-electron chi connectivity index (χ2n) is 5.39. The molecule has 7 nitrogen and oxygen atoms in total. The summed E-state index contributed by atoms with van der Waals surface area (Å²) in [5.74, 6) is -3.19. The van der Waals surface area contributed by atoms with Gasteiger partial charge in [0.05, 0.1) is 0 Å². The molecular weight excluding hydrogens is 300 g/mol. The zero-order chi connectivity index (χ0) is 17.0. The van der Waals surface area contributed by atoms with E-state index in [1.807, 2.05) is 41.0 Å². The predicted octanol–water partition coefficient (Wildman–Crippen LogP) is 0.923. The molecule has 0 saturated carbocycles. The summed E-state index contributed by atoms with van der Waals surface area (Å²) in [5, 5.41) is 4.02. The minimum Gasteiger partial charge on any atom is -0.438 e. The van der Waals surface area contributed by atoms with Gasteiger partial charge in [0.2, 0.25) is 0 Å². The second kappa shape index (κ2) is 6.60. The van der Waals surface area contributed by atoms with E-state index >= 15 is 0 Å². The Morgan fingerprint density at radius 1 is 1.13 bits per heavy atom. The summed E-state index contributed by atoms with van der Waals surface area (Å²) in [6.07, 6.45) is 0.335. The zero-order valence-corrected chi connectivity index (χ0v) is 12.9. The van der Waals surface area contributed by atoms with E-state index in [2.05, 4.69) is 0 Å². The first kappa shape index (κ1) is 16.7. The lowest BCUT2D eigenvalue weighted by atomic mass is 9.81. The number of ether oxygens (including phenoxy) is 1. The molecule has 0 bridgehead atoms. The number of hydrogen-bond acceptors (Lipinski definition) is 5. The number of carbonyl (C=O) groups excluding carboxylic acids is 4. The Hall–Kier alpha value is -2.70. The molecule has 2 N–H and O–H groups in total. The van der Waals surface area contributed by atoms with E-state index in [0.717, 1.165) is 5.56 Å². The average molecular weight is 318 g/mol. The van der Waals surface area contributed by atoms with Crippen LogP contribution in [-0.4, -0.2) is 29.4 Å². The Balaban J connectivity index is 2.36. The van der Waals surface area contributed by atoms with Crippen molar-refractivity contribution in [2.75, 3.05) is 0 Å². The lowest BCUT2D eigenvalue weighted by Gasteiger charge is -2.37. The van der Waals surface area contributed by atoms with Crippen molar-refractivity contribution in [1.29, 1.82) is 0 Å². The number of imide groups is 2. The number of benzene rings is 1. The summed E-state index contributed by atoms with van der Waals surface area (Å²) in [4.78, 5) is 47.8. The minimum absolute atomic E-state index is 0.00825. The second-order valence-corrected chi connectivity index (χ2v) is 5.39. The van der Waals surface area contributed by atoms with Crippen molar-refractivity contribution in [3.63, 3.8) is 0 Å². The molecule has 1 atom stereocenters. The molecule has 1 aromatic rings. The minimum atomic E-state index is -2.06. The third-order valence-corrected chi connectivity index (χ3v) is 3.77. The van der Waals surface area contributed by atoms with Gasteiger partial charge in [0, 0.05) is 12.3 Å². The van der Waals surface area contributed by atoms with Crippen LogP contribution in [0.3, 0.4) is 0 Å². The standard InChI is InChI=1S/C16H18N2O5/c1-3-12(19)23-16(13(20)17-15(22)18-14(16)21)10(2)9-11-7-5-4-6-8-11/h4-8,10H,3,9H2,1-2H3,(H2,17,18,20,21,22). The molecule has 0 spiro atoms. The zero-order valence-electron chi connectivity index (χ0n) is 12.9. The van der Waals surface area contributed by atoms with Gasteiger partial charge in [-0.1, -0.05) is 44.2 Å². The lowest BCUT2D eigenvalue weighted by Crippen LogP contribution is -2.70. The van der Waals surface area contributed by atoms with Crippen LogP contribution in [0.25, 0.3) is 0 Å². The van der Waals surface area contributed by atoms with Crippen molar-refractivity contribution in [2.24, 2.45) is 5.92 Å². The summed E-state index contributed by atoms with van der Waals surface area (Å²) in [7, 11) is 0. The highest BCUT2D eigenvalue weighted by molar-refractivity contribution is 6.22. The fourth-order valence-corrected chi connectivity index (χ4v) is 2.53.